The van der Waals surface area contributed by atoms with Crippen LogP contribution in [0.2, 0.25) is 0 Å². The van der Waals surface area contributed by atoms with Crippen molar-refractivity contribution in [1.29, 1.82) is 0 Å². The van der Waals surface area contributed by atoms with E-state index in [1.165, 1.54) is 5.57 Å². The average Bonchev–Trinajstić information content (AvgIpc) is 2.97. The summed E-state index contributed by atoms with van der Waals surface area (Å²) in [6.07, 6.45) is 3.01. The van der Waals surface area contributed by atoms with E-state index in [4.69, 9.17) is 9.47 Å². The predicted molar refractivity (Wildman–Crippen MR) is 169 cm³/mol. The average molecular weight is 645 g/mol. The van der Waals surface area contributed by atoms with Crippen LogP contribution in [0.25, 0.3) is 0 Å². The molecule has 258 valence electrons. The van der Waals surface area contributed by atoms with E-state index in [0.717, 1.165) is 57.8 Å². The molecule has 0 aromatic carbocycles. The quantitative estimate of drug-likeness (QED) is 0.238. The molecule has 0 spiro atoms. The zero-order valence-corrected chi connectivity index (χ0v) is 28.8. The van der Waals surface area contributed by atoms with E-state index in [-0.39, 0.29) is 45.8 Å². The highest BCUT2D eigenvalue weighted by Crippen LogP contribution is 2.76. The molecule has 5 fully saturated rings. The zero-order valence-electron chi connectivity index (χ0n) is 28.8. The largest absolute Gasteiger partial charge is 0.481 e. The molecule has 5 aliphatic carbocycles. The molecule has 0 amide bonds. The van der Waals surface area contributed by atoms with E-state index >= 15 is 0 Å². The van der Waals surface area contributed by atoms with E-state index in [1.54, 1.807) is 0 Å². The molecule has 0 radical (unpaired) electrons. The molecule has 5 unspecified atom stereocenters. The number of ketones is 1. The van der Waals surface area contributed by atoms with Gasteiger partial charge >= 0.3 is 5.97 Å². The summed E-state index contributed by atoms with van der Waals surface area (Å²) in [5, 5.41) is 42.2. The van der Waals surface area contributed by atoms with Crippen molar-refractivity contribution < 1.29 is 44.3 Å². The van der Waals surface area contributed by atoms with Gasteiger partial charge in [-0.3, -0.25) is 14.4 Å². The Morgan fingerprint density at radius 3 is 2.20 bits per heavy atom. The number of fused-ring (bicyclic) bond motifs is 7. The molecule has 6 aliphatic rings. The Morgan fingerprint density at radius 2 is 1.54 bits per heavy atom. The van der Waals surface area contributed by atoms with Crippen molar-refractivity contribution in [2.45, 2.75) is 143 Å². The lowest BCUT2D eigenvalue weighted by atomic mass is 9.33. The highest BCUT2D eigenvalue weighted by atomic mass is 16.7. The van der Waals surface area contributed by atoms with Crippen LogP contribution in [0.4, 0.5) is 0 Å². The number of carbonyl (C=O) groups is 3. The number of carboxylic acid groups (broad SMARTS) is 1. The first-order valence-electron chi connectivity index (χ1n) is 17.6. The highest BCUT2D eigenvalue weighted by molar-refractivity contribution is 5.87. The smallest absolute Gasteiger partial charge is 0.310 e. The van der Waals surface area contributed by atoms with Gasteiger partial charge in [0.2, 0.25) is 6.29 Å². The Hall–Kier alpha value is -1.81. The number of rotatable bonds is 5. The molecule has 1 saturated heterocycles. The summed E-state index contributed by atoms with van der Waals surface area (Å²) in [5.41, 5.74) is 0.232. The summed E-state index contributed by atoms with van der Waals surface area (Å²) in [6, 6.07) is 0. The molecular formula is C37H56O9. The first-order valence-corrected chi connectivity index (χ1v) is 17.6. The van der Waals surface area contributed by atoms with Gasteiger partial charge < -0.3 is 29.9 Å². The van der Waals surface area contributed by atoms with Crippen molar-refractivity contribution in [3.63, 3.8) is 0 Å². The van der Waals surface area contributed by atoms with Gasteiger partial charge in [-0.2, -0.15) is 0 Å². The second kappa shape index (κ2) is 10.8. The molecule has 6 rings (SSSR count). The van der Waals surface area contributed by atoms with E-state index in [2.05, 4.69) is 54.5 Å². The maximum Gasteiger partial charge on any atom is 0.310 e. The second-order valence-electron chi connectivity index (χ2n) is 18.1. The number of hydrogen-bond donors (Lipinski definition) is 4. The van der Waals surface area contributed by atoms with Crippen molar-refractivity contribution in [3.8, 4) is 0 Å². The van der Waals surface area contributed by atoms with Crippen molar-refractivity contribution in [3.05, 3.63) is 11.6 Å². The molecule has 4 N–H and O–H groups in total. The number of aliphatic carboxylic acids is 1. The summed E-state index contributed by atoms with van der Waals surface area (Å²) in [4.78, 5) is 38.1. The SMILES string of the molecule is CC1(C)CC[C@]2(C(=O)O)CC[C@]3(C)C(=CCC4[C@@]5(C)CC[C@@H](C(=O)[C@@H]6OC(OC=O)[C@@H](O)C(O)[C@@H]6O)C(C)(C)C5CC[C@]43C)C2C1. The zero-order chi connectivity index (χ0) is 33.8. The second-order valence-corrected chi connectivity index (χ2v) is 18.1. The molecule has 1 heterocycles. The topological polar surface area (TPSA) is 151 Å². The van der Waals surface area contributed by atoms with Gasteiger partial charge in [-0.25, -0.2) is 0 Å². The summed E-state index contributed by atoms with van der Waals surface area (Å²) < 4.78 is 10.4. The Kier molecular flexibility index (Phi) is 8.03. The van der Waals surface area contributed by atoms with Crippen molar-refractivity contribution >= 4 is 18.2 Å². The Balaban J connectivity index is 1.31. The fourth-order valence-electron chi connectivity index (χ4n) is 12.6. The molecule has 0 bridgehead atoms. The molecule has 4 saturated carbocycles. The van der Waals surface area contributed by atoms with Crippen LogP contribution in [0, 0.1) is 56.2 Å². The van der Waals surface area contributed by atoms with Crippen LogP contribution in [0.1, 0.15) is 113 Å². The number of aliphatic hydroxyl groups excluding tert-OH is 3. The molecule has 13 atom stereocenters. The Morgan fingerprint density at radius 1 is 0.870 bits per heavy atom. The first kappa shape index (κ1) is 34.1. The van der Waals surface area contributed by atoms with Crippen molar-refractivity contribution in [2.24, 2.45) is 56.2 Å². The van der Waals surface area contributed by atoms with Gasteiger partial charge in [0.05, 0.1) is 5.41 Å². The van der Waals surface area contributed by atoms with Gasteiger partial charge in [-0.1, -0.05) is 60.1 Å². The summed E-state index contributed by atoms with van der Waals surface area (Å²) >= 11 is 0. The fourth-order valence-corrected chi connectivity index (χ4v) is 12.6. The van der Waals surface area contributed by atoms with E-state index in [0.29, 0.717) is 12.3 Å². The van der Waals surface area contributed by atoms with Gasteiger partial charge in [0.15, 0.2) is 5.78 Å². The lowest BCUT2D eigenvalue weighted by Crippen LogP contribution is -2.66. The predicted octanol–water partition coefficient (Wildman–Crippen LogP) is 5.04. The van der Waals surface area contributed by atoms with E-state index in [9.17, 15) is 34.8 Å². The fraction of sp³-hybridized carbons (Fsp3) is 0.865. The van der Waals surface area contributed by atoms with Gasteiger partial charge in [-0.15, -0.1) is 0 Å². The Bertz CT molecular complexity index is 1310. The van der Waals surface area contributed by atoms with Gasteiger partial charge in [-0.05, 0) is 109 Å². The van der Waals surface area contributed by atoms with Crippen LogP contribution >= 0.6 is 0 Å². The number of allylic oxidation sites excluding steroid dienone is 2. The number of carboxylic acids is 1. The molecule has 1 aliphatic heterocycles. The minimum Gasteiger partial charge on any atom is -0.481 e. The third kappa shape index (κ3) is 4.50. The molecule has 0 aromatic rings. The van der Waals surface area contributed by atoms with Crippen molar-refractivity contribution in [1.82, 2.24) is 0 Å². The summed E-state index contributed by atoms with van der Waals surface area (Å²) in [6.45, 7) is 16.3. The number of hydrogen-bond acceptors (Lipinski definition) is 8. The number of carbonyl (C=O) groups excluding carboxylic acids is 2. The van der Waals surface area contributed by atoms with Gasteiger partial charge in [0, 0.05) is 5.92 Å². The minimum absolute atomic E-state index is 0.0101. The normalized spacial score (nSPS) is 50.8. The van der Waals surface area contributed by atoms with Crippen LogP contribution in [-0.2, 0) is 23.9 Å². The maximum absolute atomic E-state index is 14.1. The molecule has 9 heteroatoms. The number of Topliss-reactive ketones (excluding diaryl/α,β-unsaturated/α-hetero) is 1. The highest BCUT2D eigenvalue weighted by Gasteiger charge is 2.70. The van der Waals surface area contributed by atoms with Crippen LogP contribution in [0.15, 0.2) is 11.6 Å². The number of aliphatic hydroxyl groups is 3. The lowest BCUT2D eigenvalue weighted by molar-refractivity contribution is -0.280. The summed E-state index contributed by atoms with van der Waals surface area (Å²) in [5.74, 6) is -0.753. The molecular weight excluding hydrogens is 588 g/mol. The third-order valence-electron chi connectivity index (χ3n) is 15.5. The lowest BCUT2D eigenvalue weighted by Gasteiger charge is -2.71. The molecule has 0 aromatic heterocycles. The first-order chi connectivity index (χ1) is 21.3. The Labute approximate surface area is 273 Å². The minimum atomic E-state index is -1.69. The maximum atomic E-state index is 14.1. The standard InChI is InChI=1S/C37H56O9/c1-32(2)14-16-37(31(43)44)17-15-35(6)20(22(37)18-32)8-9-24-34(5)12-10-21(33(3,4)23(34)11-13-36(24,35)7)25(39)29-27(41)26(40)28(42)30(46-29)45-19-38/h8,19,21-24,26-30,40-42H,9-18H2,1-7H3,(H,43,44)/t21-,22?,23?,24?,26?,27-,28-,29-,30?,34-,35+,36+,37-/m0/s1. The van der Waals surface area contributed by atoms with E-state index < -0.39 is 53.4 Å². The van der Waals surface area contributed by atoms with Crippen molar-refractivity contribution in [2.75, 3.05) is 0 Å². The van der Waals surface area contributed by atoms with Gasteiger partial charge in [0.25, 0.3) is 6.47 Å². The third-order valence-corrected chi connectivity index (χ3v) is 15.5. The van der Waals surface area contributed by atoms with Crippen LogP contribution in [0.3, 0.4) is 0 Å². The van der Waals surface area contributed by atoms with Gasteiger partial charge in [0.1, 0.15) is 24.4 Å². The van der Waals surface area contributed by atoms with Crippen LogP contribution in [-0.4, -0.2) is 69.4 Å². The number of ether oxygens (including phenoxy) is 2. The molecule has 46 heavy (non-hydrogen) atoms. The monoisotopic (exact) mass is 644 g/mol. The van der Waals surface area contributed by atoms with Crippen LogP contribution < -0.4 is 0 Å². The summed E-state index contributed by atoms with van der Waals surface area (Å²) in [7, 11) is 0. The van der Waals surface area contributed by atoms with E-state index in [1.807, 2.05) is 0 Å². The molecule has 9 nitrogen and oxygen atoms in total. The van der Waals surface area contributed by atoms with Crippen LogP contribution in [0.5, 0.6) is 0 Å².